The largest absolute Gasteiger partial charge is 0.394 e. The number of fused-ring (bicyclic) bond motifs is 1. The van der Waals surface area contributed by atoms with Crippen molar-refractivity contribution >= 4 is 10.9 Å². The van der Waals surface area contributed by atoms with Crippen molar-refractivity contribution in [2.75, 3.05) is 6.61 Å². The minimum Gasteiger partial charge on any atom is -0.394 e. The molecule has 61 valence electrons. The summed E-state index contributed by atoms with van der Waals surface area (Å²) in [5.41, 5.74) is 1.04. The first-order chi connectivity index (χ1) is 5.92. The molecule has 1 radical (unpaired) electrons. The second-order valence-electron chi connectivity index (χ2n) is 2.58. The van der Waals surface area contributed by atoms with Gasteiger partial charge in [0.05, 0.1) is 24.9 Å². The topological polar surface area (TPSA) is 38.0 Å². The van der Waals surface area contributed by atoms with Gasteiger partial charge in [0.25, 0.3) is 0 Å². The first kappa shape index (κ1) is 7.31. The Kier molecular flexibility index (Phi) is 1.80. The Labute approximate surface area is 70.2 Å². The van der Waals surface area contributed by atoms with Gasteiger partial charge in [-0.25, -0.2) is 0 Å². The van der Waals surface area contributed by atoms with Crippen molar-refractivity contribution in [3.05, 3.63) is 30.5 Å². The molecule has 3 heteroatoms. The van der Waals surface area contributed by atoms with E-state index in [2.05, 4.69) is 11.2 Å². The number of nitrogens with zero attached hydrogens (tertiary/aromatic N) is 2. The van der Waals surface area contributed by atoms with Crippen LogP contribution in [0.25, 0.3) is 10.9 Å². The lowest BCUT2D eigenvalue weighted by atomic mass is 10.3. The number of rotatable bonds is 2. The number of hydrogen-bond donors (Lipinski definition) is 1. The van der Waals surface area contributed by atoms with Crippen molar-refractivity contribution in [1.29, 1.82) is 0 Å². The second-order valence-corrected chi connectivity index (χ2v) is 2.58. The molecule has 1 heterocycles. The maximum atomic E-state index is 8.73. The van der Waals surface area contributed by atoms with E-state index in [1.807, 2.05) is 18.2 Å². The van der Waals surface area contributed by atoms with E-state index in [0.717, 1.165) is 10.9 Å². The van der Waals surface area contributed by atoms with Crippen LogP contribution < -0.4 is 0 Å². The molecular formula is C9H9N2O. The summed E-state index contributed by atoms with van der Waals surface area (Å²) in [5, 5.41) is 13.9. The molecule has 0 bridgehead atoms. The smallest absolute Gasteiger partial charge is 0.0683 e. The zero-order valence-corrected chi connectivity index (χ0v) is 6.57. The molecule has 3 nitrogen and oxygen atoms in total. The van der Waals surface area contributed by atoms with E-state index < -0.39 is 0 Å². The normalized spacial score (nSPS) is 10.8. The Morgan fingerprint density at radius 3 is 3.33 bits per heavy atom. The molecule has 2 aromatic rings. The predicted octanol–water partition coefficient (Wildman–Crippen LogP) is 0.829. The minimum atomic E-state index is 0.120. The van der Waals surface area contributed by atoms with Crippen LogP contribution in [0.4, 0.5) is 0 Å². The van der Waals surface area contributed by atoms with Gasteiger partial charge in [-0.05, 0) is 18.2 Å². The van der Waals surface area contributed by atoms with Crippen LogP contribution in [0.1, 0.15) is 0 Å². The molecule has 0 amide bonds. The SMILES string of the molecule is OCCn1ncc2c[c]ccc21. The summed E-state index contributed by atoms with van der Waals surface area (Å²) in [4.78, 5) is 0. The highest BCUT2D eigenvalue weighted by atomic mass is 16.3. The summed E-state index contributed by atoms with van der Waals surface area (Å²) in [6.07, 6.45) is 1.78. The van der Waals surface area contributed by atoms with E-state index in [1.54, 1.807) is 10.9 Å². The molecule has 0 saturated carbocycles. The monoisotopic (exact) mass is 161 g/mol. The van der Waals surface area contributed by atoms with E-state index in [-0.39, 0.29) is 6.61 Å². The van der Waals surface area contributed by atoms with Crippen LogP contribution in [-0.2, 0) is 6.54 Å². The molecule has 0 saturated heterocycles. The van der Waals surface area contributed by atoms with Gasteiger partial charge in [0.1, 0.15) is 0 Å². The second kappa shape index (κ2) is 2.95. The van der Waals surface area contributed by atoms with Crippen molar-refractivity contribution in [2.45, 2.75) is 6.54 Å². The van der Waals surface area contributed by atoms with Gasteiger partial charge < -0.3 is 5.11 Å². The zero-order valence-electron chi connectivity index (χ0n) is 6.57. The van der Waals surface area contributed by atoms with E-state index in [0.29, 0.717) is 6.54 Å². The average molecular weight is 161 g/mol. The van der Waals surface area contributed by atoms with Crippen molar-refractivity contribution < 1.29 is 5.11 Å². The van der Waals surface area contributed by atoms with Gasteiger partial charge in [0, 0.05) is 5.39 Å². The highest BCUT2D eigenvalue weighted by Gasteiger charge is 1.98. The molecule has 0 aliphatic carbocycles. The lowest BCUT2D eigenvalue weighted by molar-refractivity contribution is 0.271. The molecule has 0 atom stereocenters. The summed E-state index contributed by atoms with van der Waals surface area (Å²) in [6, 6.07) is 8.65. The molecule has 1 aromatic heterocycles. The summed E-state index contributed by atoms with van der Waals surface area (Å²) in [7, 11) is 0. The van der Waals surface area contributed by atoms with E-state index in [9.17, 15) is 0 Å². The molecule has 0 fully saturated rings. The summed E-state index contributed by atoms with van der Waals surface area (Å²) in [6.45, 7) is 0.670. The van der Waals surface area contributed by atoms with Crippen molar-refractivity contribution in [2.24, 2.45) is 0 Å². The van der Waals surface area contributed by atoms with E-state index in [4.69, 9.17) is 5.11 Å². The number of benzene rings is 1. The minimum absolute atomic E-state index is 0.120. The molecular weight excluding hydrogens is 152 g/mol. The van der Waals surface area contributed by atoms with Crippen LogP contribution >= 0.6 is 0 Å². The lowest BCUT2D eigenvalue weighted by Gasteiger charge is -1.98. The first-order valence-corrected chi connectivity index (χ1v) is 3.84. The van der Waals surface area contributed by atoms with Gasteiger partial charge in [0.15, 0.2) is 0 Å². The first-order valence-electron chi connectivity index (χ1n) is 3.84. The Hall–Kier alpha value is -1.35. The van der Waals surface area contributed by atoms with Crippen LogP contribution in [-0.4, -0.2) is 21.5 Å². The lowest BCUT2D eigenvalue weighted by Crippen LogP contribution is -2.02. The quantitative estimate of drug-likeness (QED) is 0.708. The van der Waals surface area contributed by atoms with Crippen LogP contribution in [0, 0.1) is 6.07 Å². The number of aliphatic hydroxyl groups is 1. The summed E-state index contributed by atoms with van der Waals surface area (Å²) in [5.74, 6) is 0. The Bertz CT molecular complexity index is 381. The average Bonchev–Trinajstić information content (AvgIpc) is 2.50. The summed E-state index contributed by atoms with van der Waals surface area (Å²) >= 11 is 0. The third-order valence-electron chi connectivity index (χ3n) is 1.80. The van der Waals surface area contributed by atoms with E-state index in [1.165, 1.54) is 0 Å². The highest BCUT2D eigenvalue weighted by molar-refractivity contribution is 5.78. The summed E-state index contributed by atoms with van der Waals surface area (Å²) < 4.78 is 1.78. The third kappa shape index (κ3) is 1.08. The van der Waals surface area contributed by atoms with Gasteiger partial charge in [-0.15, -0.1) is 0 Å². The maximum absolute atomic E-state index is 8.73. The van der Waals surface area contributed by atoms with Crippen molar-refractivity contribution in [1.82, 2.24) is 9.78 Å². The van der Waals surface area contributed by atoms with Crippen molar-refractivity contribution in [3.8, 4) is 0 Å². The Morgan fingerprint density at radius 2 is 2.50 bits per heavy atom. The van der Waals surface area contributed by atoms with Gasteiger partial charge in [-0.3, -0.25) is 4.68 Å². The highest BCUT2D eigenvalue weighted by Crippen LogP contribution is 2.11. The molecule has 12 heavy (non-hydrogen) atoms. The predicted molar refractivity (Wildman–Crippen MR) is 45.7 cm³/mol. The fourth-order valence-electron chi connectivity index (χ4n) is 1.24. The molecule has 1 N–H and O–H groups in total. The van der Waals surface area contributed by atoms with Gasteiger partial charge >= 0.3 is 0 Å². The zero-order chi connectivity index (χ0) is 8.39. The third-order valence-corrected chi connectivity index (χ3v) is 1.80. The van der Waals surface area contributed by atoms with Gasteiger partial charge in [-0.1, -0.05) is 6.07 Å². The Balaban J connectivity index is 2.55. The molecule has 0 spiro atoms. The van der Waals surface area contributed by atoms with Gasteiger partial charge in [0.2, 0.25) is 0 Å². The number of aliphatic hydroxyl groups excluding tert-OH is 1. The Morgan fingerprint density at radius 1 is 1.58 bits per heavy atom. The number of hydrogen-bond acceptors (Lipinski definition) is 2. The van der Waals surface area contributed by atoms with Crippen LogP contribution in [0.5, 0.6) is 0 Å². The fraction of sp³-hybridized carbons (Fsp3) is 0.222. The molecule has 0 aliphatic rings. The van der Waals surface area contributed by atoms with Gasteiger partial charge in [-0.2, -0.15) is 5.10 Å². The van der Waals surface area contributed by atoms with Crippen LogP contribution in [0.3, 0.4) is 0 Å². The van der Waals surface area contributed by atoms with Crippen molar-refractivity contribution in [3.63, 3.8) is 0 Å². The van der Waals surface area contributed by atoms with Crippen LogP contribution in [0.15, 0.2) is 24.4 Å². The molecule has 0 aliphatic heterocycles. The maximum Gasteiger partial charge on any atom is 0.0683 e. The van der Waals surface area contributed by atoms with Crippen LogP contribution in [0.2, 0.25) is 0 Å². The molecule has 2 rings (SSSR count). The molecule has 1 aromatic carbocycles. The van der Waals surface area contributed by atoms with E-state index >= 15 is 0 Å². The number of aromatic nitrogens is 2. The molecule has 0 unspecified atom stereocenters. The fourth-order valence-corrected chi connectivity index (χ4v) is 1.24. The standard InChI is InChI=1S/C9H9N2O/c12-6-5-11-9-4-2-1-3-8(9)7-10-11/h2-4,7,12H,5-6H2.